The van der Waals surface area contributed by atoms with Crippen LogP contribution in [0.25, 0.3) is 0 Å². The largest absolute Gasteiger partial charge is 0.494 e. The van der Waals surface area contributed by atoms with Crippen molar-refractivity contribution in [2.24, 2.45) is 0 Å². The zero-order chi connectivity index (χ0) is 22.5. The molecule has 1 N–H and O–H groups in total. The van der Waals surface area contributed by atoms with Gasteiger partial charge >= 0.3 is 5.97 Å². The van der Waals surface area contributed by atoms with Crippen molar-refractivity contribution in [3.63, 3.8) is 0 Å². The van der Waals surface area contributed by atoms with E-state index in [9.17, 15) is 9.59 Å². The Bertz CT molecular complexity index is 1090. The highest BCUT2D eigenvalue weighted by molar-refractivity contribution is 6.03. The first-order valence-corrected chi connectivity index (χ1v) is 10.9. The maximum atomic E-state index is 12.9. The van der Waals surface area contributed by atoms with Gasteiger partial charge in [-0.25, -0.2) is 4.79 Å². The number of aromatic nitrogens is 1. The van der Waals surface area contributed by atoms with Crippen LogP contribution in [-0.2, 0) is 11.2 Å². The Morgan fingerprint density at radius 2 is 1.69 bits per heavy atom. The van der Waals surface area contributed by atoms with Crippen molar-refractivity contribution in [3.8, 4) is 11.5 Å². The topological polar surface area (TPSA) is 77.6 Å². The highest BCUT2D eigenvalue weighted by Crippen LogP contribution is 2.35. The maximum absolute atomic E-state index is 12.9. The van der Waals surface area contributed by atoms with E-state index in [0.29, 0.717) is 36.3 Å². The number of H-pyrrole nitrogens is 1. The number of Topliss-reactive ketones (excluding diaryl/α,β-unsaturated/α-hetero) is 1. The van der Waals surface area contributed by atoms with Gasteiger partial charge in [-0.3, -0.25) is 4.79 Å². The van der Waals surface area contributed by atoms with Gasteiger partial charge < -0.3 is 19.2 Å². The molecule has 0 unspecified atom stereocenters. The number of aromatic amines is 1. The Labute approximate surface area is 187 Å². The number of para-hydroxylation sites is 1. The average molecular weight is 434 g/mol. The Kier molecular flexibility index (Phi) is 6.59. The van der Waals surface area contributed by atoms with Crippen LogP contribution in [0.3, 0.4) is 0 Å². The number of hydrogen-bond acceptors (Lipinski definition) is 5. The van der Waals surface area contributed by atoms with E-state index in [4.69, 9.17) is 14.2 Å². The van der Waals surface area contributed by atoms with Crippen LogP contribution in [0.15, 0.2) is 54.6 Å². The molecule has 6 heteroatoms. The molecule has 4 rings (SSSR count). The molecule has 0 radical (unpaired) electrons. The van der Waals surface area contributed by atoms with Crippen molar-refractivity contribution in [2.45, 2.75) is 32.6 Å². The zero-order valence-corrected chi connectivity index (χ0v) is 18.4. The van der Waals surface area contributed by atoms with Crippen LogP contribution in [0.2, 0.25) is 0 Å². The Balaban J connectivity index is 1.41. The van der Waals surface area contributed by atoms with E-state index in [1.54, 1.807) is 6.92 Å². The first-order valence-electron chi connectivity index (χ1n) is 10.9. The van der Waals surface area contributed by atoms with Gasteiger partial charge in [-0.15, -0.1) is 0 Å². The van der Waals surface area contributed by atoms with E-state index >= 15 is 0 Å². The van der Waals surface area contributed by atoms with Gasteiger partial charge in [0.1, 0.15) is 30.4 Å². The van der Waals surface area contributed by atoms with Crippen LogP contribution in [0.4, 0.5) is 0 Å². The van der Waals surface area contributed by atoms with E-state index in [-0.39, 0.29) is 24.9 Å². The standard InChI is InChI=1S/C26H27NO5/c1-3-30-21-11-9-18(10-12-21)19-15-22-24(23(28)16-19)17(2)25(27-22)26(29)32-14-13-31-20-7-5-4-6-8-20/h4-12,19,27H,3,13-16H2,1-2H3/t19-/m0/s1. The lowest BCUT2D eigenvalue weighted by Crippen LogP contribution is -2.18. The SMILES string of the molecule is CCOc1ccc([C@@H]2CC(=O)c3c([nH]c(C(=O)OCCOc4ccccc4)c3C)C2)cc1. The van der Waals surface area contributed by atoms with Crippen molar-refractivity contribution in [1.82, 2.24) is 4.98 Å². The Morgan fingerprint density at radius 3 is 2.41 bits per heavy atom. The molecule has 6 nitrogen and oxygen atoms in total. The fourth-order valence-corrected chi connectivity index (χ4v) is 4.16. The molecule has 32 heavy (non-hydrogen) atoms. The quantitative estimate of drug-likeness (QED) is 0.405. The molecule has 0 aliphatic heterocycles. The lowest BCUT2D eigenvalue weighted by atomic mass is 9.81. The van der Waals surface area contributed by atoms with Gasteiger partial charge in [0.2, 0.25) is 0 Å². The third-order valence-corrected chi connectivity index (χ3v) is 5.68. The van der Waals surface area contributed by atoms with Gasteiger partial charge in [-0.05, 0) is 61.6 Å². The number of hydrogen-bond donors (Lipinski definition) is 1. The first-order chi connectivity index (χ1) is 15.6. The van der Waals surface area contributed by atoms with E-state index in [1.807, 2.05) is 61.5 Å². The molecule has 166 valence electrons. The monoisotopic (exact) mass is 433 g/mol. The van der Waals surface area contributed by atoms with Crippen molar-refractivity contribution in [1.29, 1.82) is 0 Å². The average Bonchev–Trinajstić information content (AvgIpc) is 3.15. The second kappa shape index (κ2) is 9.73. The lowest BCUT2D eigenvalue weighted by molar-refractivity contribution is 0.0443. The minimum absolute atomic E-state index is 0.0466. The molecular weight excluding hydrogens is 406 g/mol. The highest BCUT2D eigenvalue weighted by Gasteiger charge is 2.32. The normalized spacial score (nSPS) is 15.2. The summed E-state index contributed by atoms with van der Waals surface area (Å²) in [6.07, 6.45) is 1.08. The zero-order valence-electron chi connectivity index (χ0n) is 18.4. The van der Waals surface area contributed by atoms with Crippen LogP contribution in [-0.4, -0.2) is 36.6 Å². The summed E-state index contributed by atoms with van der Waals surface area (Å²) in [6, 6.07) is 17.2. The molecule has 1 aromatic heterocycles. The molecule has 2 aromatic carbocycles. The smallest absolute Gasteiger partial charge is 0.355 e. The van der Waals surface area contributed by atoms with Crippen LogP contribution < -0.4 is 9.47 Å². The molecule has 0 amide bonds. The number of ether oxygens (including phenoxy) is 3. The molecular formula is C26H27NO5. The molecule has 0 bridgehead atoms. The predicted molar refractivity (Wildman–Crippen MR) is 121 cm³/mol. The third kappa shape index (κ3) is 4.69. The second-order valence-corrected chi connectivity index (χ2v) is 7.81. The number of nitrogens with one attached hydrogen (secondary N) is 1. The predicted octanol–water partition coefficient (Wildman–Crippen LogP) is 4.87. The van der Waals surface area contributed by atoms with E-state index < -0.39 is 5.97 Å². The van der Waals surface area contributed by atoms with Crippen LogP contribution in [0.5, 0.6) is 11.5 Å². The Hall–Kier alpha value is -3.54. The summed E-state index contributed by atoms with van der Waals surface area (Å²) in [5, 5.41) is 0. The minimum atomic E-state index is -0.473. The van der Waals surface area contributed by atoms with Gasteiger partial charge in [0.25, 0.3) is 0 Å². The fraction of sp³-hybridized carbons (Fsp3) is 0.308. The number of ketones is 1. The maximum Gasteiger partial charge on any atom is 0.355 e. The number of rotatable bonds is 8. The molecule has 0 saturated carbocycles. The summed E-state index contributed by atoms with van der Waals surface area (Å²) >= 11 is 0. The van der Waals surface area contributed by atoms with Crippen molar-refractivity contribution in [3.05, 3.63) is 82.7 Å². The van der Waals surface area contributed by atoms with Gasteiger partial charge in [-0.2, -0.15) is 0 Å². The van der Waals surface area contributed by atoms with E-state index in [0.717, 1.165) is 22.8 Å². The molecule has 0 spiro atoms. The molecule has 1 atom stereocenters. The van der Waals surface area contributed by atoms with E-state index in [2.05, 4.69) is 4.98 Å². The summed E-state index contributed by atoms with van der Waals surface area (Å²) in [4.78, 5) is 28.7. The molecule has 0 fully saturated rings. The van der Waals surface area contributed by atoms with Crippen LogP contribution >= 0.6 is 0 Å². The highest BCUT2D eigenvalue weighted by atomic mass is 16.6. The van der Waals surface area contributed by atoms with Crippen LogP contribution in [0.1, 0.15) is 56.9 Å². The first kappa shape index (κ1) is 21.7. The number of carbonyl (C=O) groups is 2. The van der Waals surface area contributed by atoms with Crippen molar-refractivity contribution >= 4 is 11.8 Å². The number of esters is 1. The van der Waals surface area contributed by atoms with Crippen LogP contribution in [0, 0.1) is 6.92 Å². The fourth-order valence-electron chi connectivity index (χ4n) is 4.16. The summed E-state index contributed by atoms with van der Waals surface area (Å²) in [6.45, 7) is 4.74. The van der Waals surface area contributed by atoms with E-state index in [1.165, 1.54) is 0 Å². The molecule has 1 heterocycles. The summed E-state index contributed by atoms with van der Waals surface area (Å²) in [5.41, 5.74) is 3.51. The van der Waals surface area contributed by atoms with Gasteiger partial charge in [0.15, 0.2) is 5.78 Å². The van der Waals surface area contributed by atoms with Gasteiger partial charge in [0, 0.05) is 17.7 Å². The number of carbonyl (C=O) groups excluding carboxylic acids is 2. The summed E-state index contributed by atoms with van der Waals surface area (Å²) in [7, 11) is 0. The number of fused-ring (bicyclic) bond motifs is 1. The van der Waals surface area contributed by atoms with Gasteiger partial charge in [0.05, 0.1) is 6.61 Å². The van der Waals surface area contributed by atoms with Crippen molar-refractivity contribution in [2.75, 3.05) is 19.8 Å². The number of benzene rings is 2. The minimum Gasteiger partial charge on any atom is -0.494 e. The molecule has 1 aliphatic carbocycles. The van der Waals surface area contributed by atoms with Gasteiger partial charge in [-0.1, -0.05) is 30.3 Å². The lowest BCUT2D eigenvalue weighted by Gasteiger charge is -2.22. The summed E-state index contributed by atoms with van der Waals surface area (Å²) < 4.78 is 16.4. The van der Waals surface area contributed by atoms with Crippen molar-refractivity contribution < 1.29 is 23.8 Å². The summed E-state index contributed by atoms with van der Waals surface area (Å²) in [5.74, 6) is 1.17. The molecule has 1 aliphatic rings. The Morgan fingerprint density at radius 1 is 0.969 bits per heavy atom. The third-order valence-electron chi connectivity index (χ3n) is 5.68. The molecule has 0 saturated heterocycles. The molecule has 3 aromatic rings. The second-order valence-electron chi connectivity index (χ2n) is 7.81.